The van der Waals surface area contributed by atoms with Gasteiger partial charge in [-0.3, -0.25) is 4.79 Å². The van der Waals surface area contributed by atoms with Crippen LogP contribution in [-0.4, -0.2) is 31.7 Å². The molecule has 0 bridgehead atoms. The van der Waals surface area contributed by atoms with Crippen molar-refractivity contribution in [2.45, 2.75) is 51.9 Å². The maximum Gasteiger partial charge on any atom is 0.243 e. The van der Waals surface area contributed by atoms with Crippen molar-refractivity contribution in [2.75, 3.05) is 18.4 Å². The highest BCUT2D eigenvalue weighted by Gasteiger charge is 2.34. The van der Waals surface area contributed by atoms with Gasteiger partial charge >= 0.3 is 0 Å². The number of nitrogens with one attached hydrogen (secondary N) is 1. The van der Waals surface area contributed by atoms with Crippen molar-refractivity contribution < 1.29 is 13.2 Å². The SMILES string of the molecule is CCc1ccc(NC(=O)[C@H]2CCCN(S(=O)(=O)c3c(C)cc(C)cc3C)C2)cc1. The van der Waals surface area contributed by atoms with E-state index >= 15 is 0 Å². The molecule has 1 fully saturated rings. The molecule has 3 rings (SSSR count). The average Bonchev–Trinajstić information content (AvgIpc) is 2.67. The minimum absolute atomic E-state index is 0.119. The summed E-state index contributed by atoms with van der Waals surface area (Å²) in [5.41, 5.74) is 4.51. The van der Waals surface area contributed by atoms with Crippen LogP contribution in [0, 0.1) is 26.7 Å². The summed E-state index contributed by atoms with van der Waals surface area (Å²) in [4.78, 5) is 13.2. The Morgan fingerprint density at radius 2 is 1.72 bits per heavy atom. The van der Waals surface area contributed by atoms with E-state index in [0.29, 0.717) is 24.3 Å². The van der Waals surface area contributed by atoms with Crippen molar-refractivity contribution in [3.63, 3.8) is 0 Å². The molecule has 0 radical (unpaired) electrons. The molecule has 6 heteroatoms. The molecule has 2 aromatic carbocycles. The van der Waals surface area contributed by atoms with Crippen molar-refractivity contribution >= 4 is 21.6 Å². The van der Waals surface area contributed by atoms with Gasteiger partial charge in [0.1, 0.15) is 0 Å². The van der Waals surface area contributed by atoms with E-state index in [1.54, 1.807) is 0 Å². The molecule has 1 saturated heterocycles. The Hall–Kier alpha value is -2.18. The first-order chi connectivity index (χ1) is 13.7. The monoisotopic (exact) mass is 414 g/mol. The Labute approximate surface area is 174 Å². The molecular formula is C23H30N2O3S. The number of nitrogens with zero attached hydrogens (tertiary/aromatic N) is 1. The summed E-state index contributed by atoms with van der Waals surface area (Å²) in [5, 5.41) is 2.94. The molecule has 0 saturated carbocycles. The van der Waals surface area contributed by atoms with Gasteiger partial charge in [0.25, 0.3) is 0 Å². The number of sulfonamides is 1. The van der Waals surface area contributed by atoms with E-state index < -0.39 is 10.0 Å². The van der Waals surface area contributed by atoms with Gasteiger partial charge < -0.3 is 5.32 Å². The molecule has 1 heterocycles. The lowest BCUT2D eigenvalue weighted by Crippen LogP contribution is -2.44. The molecular weight excluding hydrogens is 384 g/mol. The molecule has 0 aromatic heterocycles. The number of amides is 1. The fourth-order valence-corrected chi connectivity index (χ4v) is 6.08. The smallest absolute Gasteiger partial charge is 0.243 e. The van der Waals surface area contributed by atoms with Crippen LogP contribution in [0.1, 0.15) is 42.0 Å². The van der Waals surface area contributed by atoms with E-state index in [9.17, 15) is 13.2 Å². The van der Waals surface area contributed by atoms with E-state index in [0.717, 1.165) is 28.8 Å². The number of hydrogen-bond acceptors (Lipinski definition) is 3. The predicted octanol–water partition coefficient (Wildman–Crippen LogP) is 4.21. The highest BCUT2D eigenvalue weighted by atomic mass is 32.2. The highest BCUT2D eigenvalue weighted by molar-refractivity contribution is 7.89. The second-order valence-corrected chi connectivity index (χ2v) is 9.84. The van der Waals surface area contributed by atoms with Crippen molar-refractivity contribution in [1.82, 2.24) is 4.31 Å². The van der Waals surface area contributed by atoms with Crippen LogP contribution in [0.4, 0.5) is 5.69 Å². The second kappa shape index (κ2) is 8.67. The highest BCUT2D eigenvalue weighted by Crippen LogP contribution is 2.29. The summed E-state index contributed by atoms with van der Waals surface area (Å²) in [6.07, 6.45) is 2.31. The van der Waals surface area contributed by atoms with E-state index in [-0.39, 0.29) is 18.4 Å². The topological polar surface area (TPSA) is 66.5 Å². The zero-order chi connectivity index (χ0) is 21.2. The van der Waals surface area contributed by atoms with Crippen molar-refractivity contribution in [2.24, 2.45) is 5.92 Å². The summed E-state index contributed by atoms with van der Waals surface area (Å²) < 4.78 is 28.1. The Morgan fingerprint density at radius 3 is 2.31 bits per heavy atom. The number of rotatable bonds is 5. The third kappa shape index (κ3) is 4.70. The van der Waals surface area contributed by atoms with E-state index in [1.165, 1.54) is 9.87 Å². The summed E-state index contributed by atoms with van der Waals surface area (Å²) in [6.45, 7) is 8.38. The number of carbonyl (C=O) groups is 1. The van der Waals surface area contributed by atoms with E-state index in [1.807, 2.05) is 57.2 Å². The zero-order valence-electron chi connectivity index (χ0n) is 17.7. The first-order valence-electron chi connectivity index (χ1n) is 10.2. The molecule has 1 aliphatic rings. The summed E-state index contributed by atoms with van der Waals surface area (Å²) >= 11 is 0. The Morgan fingerprint density at radius 1 is 1.10 bits per heavy atom. The average molecular weight is 415 g/mol. The maximum atomic E-state index is 13.3. The lowest BCUT2D eigenvalue weighted by atomic mass is 9.98. The van der Waals surface area contributed by atoms with Gasteiger partial charge in [0.2, 0.25) is 15.9 Å². The molecule has 5 nitrogen and oxygen atoms in total. The Balaban J connectivity index is 1.76. The standard InChI is InChI=1S/C23H30N2O3S/c1-5-19-8-10-21(11-9-19)24-23(26)20-7-6-12-25(15-20)29(27,28)22-17(3)13-16(2)14-18(22)4/h8-11,13-14,20H,5-7,12,15H2,1-4H3,(H,24,26)/t20-/m0/s1. The largest absolute Gasteiger partial charge is 0.326 e. The fraction of sp³-hybridized carbons (Fsp3) is 0.435. The fourth-order valence-electron chi connectivity index (χ4n) is 4.15. The van der Waals surface area contributed by atoms with Gasteiger partial charge in [-0.05, 0) is 68.9 Å². The van der Waals surface area contributed by atoms with Gasteiger partial charge in [-0.2, -0.15) is 4.31 Å². The minimum atomic E-state index is -3.64. The first-order valence-corrected chi connectivity index (χ1v) is 11.6. The van der Waals surface area contributed by atoms with Gasteiger partial charge in [-0.25, -0.2) is 8.42 Å². The lowest BCUT2D eigenvalue weighted by molar-refractivity contribution is -0.120. The van der Waals surface area contributed by atoms with Crippen LogP contribution in [-0.2, 0) is 21.2 Å². The summed E-state index contributed by atoms with van der Waals surface area (Å²) in [6, 6.07) is 11.6. The van der Waals surface area contributed by atoms with Crippen molar-refractivity contribution in [3.8, 4) is 0 Å². The number of anilines is 1. The number of piperidine rings is 1. The molecule has 156 valence electrons. The second-order valence-electron chi connectivity index (χ2n) is 7.97. The molecule has 0 unspecified atom stereocenters. The predicted molar refractivity (Wildman–Crippen MR) is 117 cm³/mol. The van der Waals surface area contributed by atoms with Crippen LogP contribution in [0.15, 0.2) is 41.3 Å². The molecule has 0 aliphatic carbocycles. The van der Waals surface area contributed by atoms with Crippen molar-refractivity contribution in [3.05, 3.63) is 58.7 Å². The molecule has 1 amide bonds. The molecule has 1 atom stereocenters. The quantitative estimate of drug-likeness (QED) is 0.797. The van der Waals surface area contributed by atoms with Gasteiger partial charge in [0.05, 0.1) is 10.8 Å². The molecule has 1 N–H and O–H groups in total. The molecule has 29 heavy (non-hydrogen) atoms. The summed E-state index contributed by atoms with van der Waals surface area (Å²) in [7, 11) is -3.64. The van der Waals surface area contributed by atoms with Gasteiger partial charge in [0, 0.05) is 18.8 Å². The third-order valence-corrected chi connectivity index (χ3v) is 7.76. The van der Waals surface area contributed by atoms with Gasteiger partial charge in [-0.1, -0.05) is 36.8 Å². The van der Waals surface area contributed by atoms with Crippen LogP contribution in [0.5, 0.6) is 0 Å². The normalized spacial score (nSPS) is 17.9. The number of benzene rings is 2. The van der Waals surface area contributed by atoms with Crippen LogP contribution in [0.2, 0.25) is 0 Å². The van der Waals surface area contributed by atoms with Gasteiger partial charge in [-0.15, -0.1) is 0 Å². The van der Waals surface area contributed by atoms with Crippen LogP contribution in [0.3, 0.4) is 0 Å². The third-order valence-electron chi connectivity index (χ3n) is 5.59. The van der Waals surface area contributed by atoms with Gasteiger partial charge in [0.15, 0.2) is 0 Å². The lowest BCUT2D eigenvalue weighted by Gasteiger charge is -2.32. The molecule has 2 aromatic rings. The van der Waals surface area contributed by atoms with E-state index in [4.69, 9.17) is 0 Å². The Bertz CT molecular complexity index is 974. The summed E-state index contributed by atoms with van der Waals surface area (Å²) in [5.74, 6) is -0.470. The zero-order valence-corrected chi connectivity index (χ0v) is 18.5. The Kier molecular flexibility index (Phi) is 6.44. The van der Waals surface area contributed by atoms with Crippen molar-refractivity contribution in [1.29, 1.82) is 0 Å². The number of aryl methyl sites for hydroxylation is 4. The molecule has 0 spiro atoms. The van der Waals surface area contributed by atoms with Crippen LogP contribution >= 0.6 is 0 Å². The maximum absolute atomic E-state index is 13.3. The van der Waals surface area contributed by atoms with Crippen LogP contribution < -0.4 is 5.32 Å². The minimum Gasteiger partial charge on any atom is -0.326 e. The van der Waals surface area contributed by atoms with E-state index in [2.05, 4.69) is 12.2 Å². The first kappa shape index (κ1) is 21.5. The number of carbonyl (C=O) groups excluding carboxylic acids is 1. The molecule has 1 aliphatic heterocycles. The number of hydrogen-bond donors (Lipinski definition) is 1. The van der Waals surface area contributed by atoms with Crippen LogP contribution in [0.25, 0.3) is 0 Å².